The molecule has 0 amide bonds. The Morgan fingerprint density at radius 2 is 2.12 bits per heavy atom. The van der Waals surface area contributed by atoms with E-state index < -0.39 is 5.60 Å². The summed E-state index contributed by atoms with van der Waals surface area (Å²) in [5.74, 6) is 1.10. The standard InChI is InChI=1S/C16H24N6O2/c1-11(2)22-9-13(19-20-22)16(23)6-5-7-21(10-16)15-17-12(3)8-14(18-15)24-4/h8-9,11,23H,5-7,10H2,1-4H3. The van der Waals surface area contributed by atoms with E-state index in [0.717, 1.165) is 18.7 Å². The molecule has 0 spiro atoms. The molecular formula is C16H24N6O2. The number of aliphatic hydroxyl groups is 1. The lowest BCUT2D eigenvalue weighted by molar-refractivity contribution is 0.0171. The molecule has 1 N–H and O–H groups in total. The Kier molecular flexibility index (Phi) is 4.40. The third-order valence-corrected chi connectivity index (χ3v) is 4.30. The first-order chi connectivity index (χ1) is 11.4. The quantitative estimate of drug-likeness (QED) is 0.906. The second-order valence-corrected chi connectivity index (χ2v) is 6.59. The normalized spacial score (nSPS) is 21.3. The molecule has 0 aliphatic carbocycles. The van der Waals surface area contributed by atoms with E-state index in [-0.39, 0.29) is 6.04 Å². The molecule has 24 heavy (non-hydrogen) atoms. The highest BCUT2D eigenvalue weighted by Gasteiger charge is 2.38. The topological polar surface area (TPSA) is 89.2 Å². The number of methoxy groups -OCH3 is 1. The maximum Gasteiger partial charge on any atom is 0.228 e. The molecule has 0 aromatic carbocycles. The van der Waals surface area contributed by atoms with Crippen molar-refractivity contribution in [2.45, 2.75) is 45.3 Å². The van der Waals surface area contributed by atoms with Crippen LogP contribution in [0.1, 0.15) is 44.1 Å². The molecule has 2 aromatic heterocycles. The van der Waals surface area contributed by atoms with Gasteiger partial charge in [-0.15, -0.1) is 5.10 Å². The SMILES string of the molecule is COc1cc(C)nc(N2CCCC(O)(c3cn(C(C)C)nn3)C2)n1. The van der Waals surface area contributed by atoms with E-state index in [1.807, 2.05) is 31.9 Å². The van der Waals surface area contributed by atoms with Crippen LogP contribution in [0.4, 0.5) is 5.95 Å². The Morgan fingerprint density at radius 1 is 1.33 bits per heavy atom. The predicted molar refractivity (Wildman–Crippen MR) is 89.1 cm³/mol. The highest BCUT2D eigenvalue weighted by molar-refractivity contribution is 5.36. The van der Waals surface area contributed by atoms with E-state index in [1.54, 1.807) is 17.9 Å². The third kappa shape index (κ3) is 3.19. The first-order valence-electron chi connectivity index (χ1n) is 8.20. The van der Waals surface area contributed by atoms with E-state index in [0.29, 0.717) is 30.5 Å². The van der Waals surface area contributed by atoms with Gasteiger partial charge in [0.2, 0.25) is 11.8 Å². The average Bonchev–Trinajstić information content (AvgIpc) is 3.05. The van der Waals surface area contributed by atoms with Gasteiger partial charge in [-0.1, -0.05) is 5.21 Å². The second-order valence-electron chi connectivity index (χ2n) is 6.59. The number of hydrogen-bond donors (Lipinski definition) is 1. The van der Waals surface area contributed by atoms with E-state index in [1.165, 1.54) is 0 Å². The number of β-amino-alcohol motifs (C(OH)–C–C–N with tert-alkyl or cyclic N) is 1. The van der Waals surface area contributed by atoms with Crippen molar-refractivity contribution in [2.24, 2.45) is 0 Å². The summed E-state index contributed by atoms with van der Waals surface area (Å²) < 4.78 is 6.99. The fourth-order valence-corrected chi connectivity index (χ4v) is 2.93. The van der Waals surface area contributed by atoms with Crippen LogP contribution in [-0.2, 0) is 5.60 Å². The van der Waals surface area contributed by atoms with Crippen LogP contribution >= 0.6 is 0 Å². The Labute approximate surface area is 141 Å². The van der Waals surface area contributed by atoms with Crippen LogP contribution in [0, 0.1) is 6.92 Å². The number of rotatable bonds is 4. The zero-order chi connectivity index (χ0) is 17.3. The van der Waals surface area contributed by atoms with Crippen molar-refractivity contribution in [3.8, 4) is 5.88 Å². The van der Waals surface area contributed by atoms with Crippen molar-refractivity contribution in [2.75, 3.05) is 25.1 Å². The van der Waals surface area contributed by atoms with Gasteiger partial charge in [0, 0.05) is 24.3 Å². The molecule has 3 heterocycles. The summed E-state index contributed by atoms with van der Waals surface area (Å²) in [7, 11) is 1.59. The van der Waals surface area contributed by atoms with Crippen LogP contribution in [0.5, 0.6) is 5.88 Å². The maximum absolute atomic E-state index is 11.1. The van der Waals surface area contributed by atoms with Crippen LogP contribution < -0.4 is 9.64 Å². The molecule has 1 saturated heterocycles. The van der Waals surface area contributed by atoms with E-state index in [2.05, 4.69) is 20.3 Å². The fourth-order valence-electron chi connectivity index (χ4n) is 2.93. The van der Waals surface area contributed by atoms with Gasteiger partial charge in [0.05, 0.1) is 19.9 Å². The van der Waals surface area contributed by atoms with Gasteiger partial charge in [-0.05, 0) is 33.6 Å². The van der Waals surface area contributed by atoms with Gasteiger partial charge in [0.25, 0.3) is 0 Å². The lowest BCUT2D eigenvalue weighted by Gasteiger charge is -2.38. The Hall–Kier alpha value is -2.22. The maximum atomic E-state index is 11.1. The van der Waals surface area contributed by atoms with Crippen molar-refractivity contribution in [1.29, 1.82) is 0 Å². The molecule has 0 saturated carbocycles. The zero-order valence-electron chi connectivity index (χ0n) is 14.6. The number of piperidine rings is 1. The minimum atomic E-state index is -1.05. The van der Waals surface area contributed by atoms with E-state index in [9.17, 15) is 5.11 Å². The minimum Gasteiger partial charge on any atom is -0.481 e. The van der Waals surface area contributed by atoms with Gasteiger partial charge in [-0.25, -0.2) is 9.67 Å². The summed E-state index contributed by atoms with van der Waals surface area (Å²) in [6.07, 6.45) is 3.29. The summed E-state index contributed by atoms with van der Waals surface area (Å²) >= 11 is 0. The number of ether oxygens (including phenoxy) is 1. The van der Waals surface area contributed by atoms with Crippen molar-refractivity contribution in [3.63, 3.8) is 0 Å². The molecule has 8 nitrogen and oxygen atoms in total. The summed E-state index contributed by atoms with van der Waals surface area (Å²) in [4.78, 5) is 10.9. The molecule has 0 radical (unpaired) electrons. The van der Waals surface area contributed by atoms with Gasteiger partial charge >= 0.3 is 0 Å². The molecule has 1 atom stereocenters. The van der Waals surface area contributed by atoms with Crippen molar-refractivity contribution in [1.82, 2.24) is 25.0 Å². The molecule has 2 aromatic rings. The number of nitrogens with zero attached hydrogens (tertiary/aromatic N) is 6. The van der Waals surface area contributed by atoms with Gasteiger partial charge in [-0.3, -0.25) is 0 Å². The minimum absolute atomic E-state index is 0.207. The lowest BCUT2D eigenvalue weighted by atomic mass is 9.90. The molecule has 1 aliphatic heterocycles. The van der Waals surface area contributed by atoms with Crippen LogP contribution in [-0.4, -0.2) is 50.3 Å². The zero-order valence-corrected chi connectivity index (χ0v) is 14.6. The number of anilines is 1. The molecule has 0 bridgehead atoms. The van der Waals surface area contributed by atoms with Crippen LogP contribution in [0.2, 0.25) is 0 Å². The summed E-state index contributed by atoms with van der Waals surface area (Å²) in [6.45, 7) is 7.13. The highest BCUT2D eigenvalue weighted by Crippen LogP contribution is 2.32. The molecule has 1 fully saturated rings. The van der Waals surface area contributed by atoms with Gasteiger partial charge < -0.3 is 14.7 Å². The lowest BCUT2D eigenvalue weighted by Crippen LogP contribution is -2.47. The molecule has 1 unspecified atom stereocenters. The Bertz CT molecular complexity index is 716. The Morgan fingerprint density at radius 3 is 2.79 bits per heavy atom. The number of aromatic nitrogens is 5. The van der Waals surface area contributed by atoms with E-state index in [4.69, 9.17) is 4.74 Å². The molecular weight excluding hydrogens is 308 g/mol. The van der Waals surface area contributed by atoms with Gasteiger partial charge in [-0.2, -0.15) is 4.98 Å². The van der Waals surface area contributed by atoms with Gasteiger partial charge in [0.15, 0.2) is 0 Å². The summed E-state index contributed by atoms with van der Waals surface area (Å²) in [5.41, 5.74) is 0.378. The predicted octanol–water partition coefficient (Wildman–Crippen LogP) is 1.45. The van der Waals surface area contributed by atoms with Crippen molar-refractivity contribution >= 4 is 5.95 Å². The number of hydrogen-bond acceptors (Lipinski definition) is 7. The van der Waals surface area contributed by atoms with Gasteiger partial charge in [0.1, 0.15) is 11.3 Å². The molecule has 130 valence electrons. The monoisotopic (exact) mass is 332 g/mol. The summed E-state index contributed by atoms with van der Waals surface area (Å²) in [6, 6.07) is 1.99. The molecule has 1 aliphatic rings. The van der Waals surface area contributed by atoms with E-state index >= 15 is 0 Å². The third-order valence-electron chi connectivity index (χ3n) is 4.30. The van der Waals surface area contributed by atoms with Crippen molar-refractivity contribution < 1.29 is 9.84 Å². The second kappa shape index (κ2) is 6.35. The fraction of sp³-hybridized carbons (Fsp3) is 0.625. The van der Waals surface area contributed by atoms with Crippen LogP contribution in [0.25, 0.3) is 0 Å². The molecule has 8 heteroatoms. The highest BCUT2D eigenvalue weighted by atomic mass is 16.5. The summed E-state index contributed by atoms with van der Waals surface area (Å²) in [5, 5.41) is 19.4. The largest absolute Gasteiger partial charge is 0.481 e. The number of aryl methyl sites for hydroxylation is 1. The van der Waals surface area contributed by atoms with Crippen LogP contribution in [0.3, 0.4) is 0 Å². The molecule has 3 rings (SSSR count). The first-order valence-corrected chi connectivity index (χ1v) is 8.20. The average molecular weight is 332 g/mol. The smallest absolute Gasteiger partial charge is 0.228 e. The van der Waals surface area contributed by atoms with Crippen LogP contribution in [0.15, 0.2) is 12.3 Å². The van der Waals surface area contributed by atoms with Crippen molar-refractivity contribution in [3.05, 3.63) is 23.7 Å². The first kappa shape index (κ1) is 16.6. The Balaban J connectivity index is 1.86.